The molecule has 0 fully saturated rings. The summed E-state index contributed by atoms with van der Waals surface area (Å²) in [5, 5.41) is 8.39. The van der Waals surface area contributed by atoms with E-state index in [2.05, 4.69) is 4.98 Å². The average molecular weight is 210 g/mol. The number of halogens is 3. The van der Waals surface area contributed by atoms with Crippen LogP contribution < -0.4 is -0.342 Å². The Labute approximate surface area is 108 Å². The van der Waals surface area contributed by atoms with Crippen molar-refractivity contribution in [1.82, 2.24) is 4.98 Å². The molecule has 0 radical (unpaired) electrons. The zero-order chi connectivity index (χ0) is 10.3. The van der Waals surface area contributed by atoms with Crippen molar-refractivity contribution in [2.75, 3.05) is 0 Å². The van der Waals surface area contributed by atoms with E-state index >= 15 is 0 Å². The molecule has 13 heavy (non-hydrogen) atoms. The van der Waals surface area contributed by atoms with Gasteiger partial charge >= 0.3 is 96.5 Å². The van der Waals surface area contributed by atoms with Gasteiger partial charge in [0.05, 0.1) is 0 Å². The van der Waals surface area contributed by atoms with E-state index in [4.69, 9.17) is 5.26 Å². The fraction of sp³-hybridized carbons (Fsp3) is 0. The zero-order valence-corrected chi connectivity index (χ0v) is 9.96. The third-order valence-corrected chi connectivity index (χ3v) is 1.86. The number of hydrogen-bond acceptors (Lipinski definition) is 2. The van der Waals surface area contributed by atoms with Gasteiger partial charge in [0.15, 0.2) is 0 Å². The molecular weight excluding hydrogens is 207 g/mol. The minimum absolute atomic E-state index is 0.632. The van der Waals surface area contributed by atoms with Crippen LogP contribution in [0.15, 0.2) is 18.5 Å². The van der Waals surface area contributed by atoms with Crippen LogP contribution >= 0.6 is 0 Å². The van der Waals surface area contributed by atoms with E-state index in [0.29, 0.717) is 54.5 Å². The molecule has 1 rings (SSSR count). The predicted molar refractivity (Wildman–Crippen MR) is 43.4 cm³/mol. The minimum atomic E-state index is -3.67. The Balaban J connectivity index is 0.000000310. The Bertz CT molecular complexity index is 299. The van der Waals surface area contributed by atoms with Gasteiger partial charge in [0.25, 0.3) is 0 Å². The summed E-state index contributed by atoms with van der Waals surface area (Å²) < 4.78 is 30.2. The molecule has 7 heteroatoms. The van der Waals surface area contributed by atoms with Crippen molar-refractivity contribution in [2.45, 2.75) is 0 Å². The SMILES string of the molecule is FB(F)F.N#Cc1cnc[c]([K])c1. The fourth-order valence-electron chi connectivity index (χ4n) is 0.616. The molecule has 0 aliphatic carbocycles. The number of rotatable bonds is 0. The van der Waals surface area contributed by atoms with E-state index in [9.17, 15) is 12.9 Å². The summed E-state index contributed by atoms with van der Waals surface area (Å²) in [7, 11) is -3.67. The number of hydrogen-bond donors (Lipinski definition) is 0. The van der Waals surface area contributed by atoms with Gasteiger partial charge in [-0.2, -0.15) is 0 Å². The summed E-state index contributed by atoms with van der Waals surface area (Å²) in [5.74, 6) is 0. The van der Waals surface area contributed by atoms with Crippen LogP contribution in [0.25, 0.3) is 0 Å². The summed E-state index contributed by atoms with van der Waals surface area (Å²) >= 11 is 0.632. The van der Waals surface area contributed by atoms with Gasteiger partial charge in [0.2, 0.25) is 0 Å². The van der Waals surface area contributed by atoms with E-state index in [1.807, 2.05) is 12.1 Å². The van der Waals surface area contributed by atoms with Gasteiger partial charge in [-0.25, -0.2) is 0 Å². The molecule has 0 saturated carbocycles. The molecule has 62 valence electrons. The molecule has 1 heterocycles. The molecular formula is C6H3BF3KN2. The standard InChI is InChI=1S/C6H3N2.BF3.K/c7-4-6-2-1-3-8-5-6;2-1(3)4;/h2-3,5H;;. The van der Waals surface area contributed by atoms with Crippen LogP contribution in [0.2, 0.25) is 0 Å². The number of nitriles is 1. The molecule has 0 aliphatic heterocycles. The van der Waals surface area contributed by atoms with Gasteiger partial charge in [-0.05, 0) is 0 Å². The molecule has 0 N–H and O–H groups in total. The van der Waals surface area contributed by atoms with Gasteiger partial charge in [0, 0.05) is 0 Å². The van der Waals surface area contributed by atoms with Crippen molar-refractivity contribution < 1.29 is 12.9 Å². The normalized spacial score (nSPS) is 8.00. The topological polar surface area (TPSA) is 36.7 Å². The van der Waals surface area contributed by atoms with Crippen molar-refractivity contribution >= 4 is 56.2 Å². The molecule has 0 atom stereocenters. The van der Waals surface area contributed by atoms with Crippen molar-refractivity contribution in [1.29, 1.82) is 5.26 Å². The molecule has 1 aromatic heterocycles. The first-order chi connectivity index (χ1) is 6.06. The van der Waals surface area contributed by atoms with Gasteiger partial charge in [0.1, 0.15) is 0 Å². The van der Waals surface area contributed by atoms with Gasteiger partial charge in [-0.3, -0.25) is 12.9 Å². The van der Waals surface area contributed by atoms with Gasteiger partial charge in [-0.1, -0.05) is 0 Å². The molecule has 0 aromatic carbocycles. The van der Waals surface area contributed by atoms with E-state index in [0.717, 1.165) is 0 Å². The summed E-state index contributed by atoms with van der Waals surface area (Å²) in [5.41, 5.74) is 0.667. The second-order valence-corrected chi connectivity index (χ2v) is 3.91. The van der Waals surface area contributed by atoms with Crippen LogP contribution in [0.5, 0.6) is 0 Å². The molecule has 0 spiro atoms. The quantitative estimate of drug-likeness (QED) is 0.588. The van der Waals surface area contributed by atoms with Crippen LogP contribution in [0.1, 0.15) is 5.56 Å². The molecule has 0 unspecified atom stereocenters. The Kier molecular flexibility index (Phi) is 7.60. The Morgan fingerprint density at radius 2 is 1.92 bits per heavy atom. The van der Waals surface area contributed by atoms with Gasteiger partial charge < -0.3 is 0 Å². The molecule has 2 nitrogen and oxygen atoms in total. The first-order valence-electron chi connectivity index (χ1n) is 3.30. The number of pyridine rings is 1. The van der Waals surface area contributed by atoms with Crippen molar-refractivity contribution in [2.24, 2.45) is 0 Å². The number of aromatic nitrogens is 1. The van der Waals surface area contributed by atoms with Crippen LogP contribution in [0, 0.1) is 11.3 Å². The summed E-state index contributed by atoms with van der Waals surface area (Å²) in [4.78, 5) is 3.88. The average Bonchev–Trinajstić information content (AvgIpc) is 2.03. The van der Waals surface area contributed by atoms with Crippen LogP contribution in [-0.2, 0) is 0 Å². The van der Waals surface area contributed by atoms with Crippen molar-refractivity contribution in [3.05, 3.63) is 24.0 Å². The summed E-state index contributed by atoms with van der Waals surface area (Å²) in [6.07, 6.45) is 3.38. The third kappa shape index (κ3) is 8.46. The first kappa shape index (κ1) is 13.1. The maximum atomic E-state index is 9.67. The van der Waals surface area contributed by atoms with Crippen LogP contribution in [0.4, 0.5) is 12.9 Å². The van der Waals surface area contributed by atoms with E-state index < -0.39 is 7.54 Å². The van der Waals surface area contributed by atoms with Crippen LogP contribution in [-0.4, -0.2) is 61.5 Å². The van der Waals surface area contributed by atoms with E-state index in [-0.39, 0.29) is 0 Å². The molecule has 0 amide bonds. The van der Waals surface area contributed by atoms with Crippen LogP contribution in [0.3, 0.4) is 0 Å². The summed E-state index contributed by atoms with van der Waals surface area (Å²) in [6.45, 7) is 0. The molecule has 0 aliphatic rings. The Morgan fingerprint density at radius 1 is 1.38 bits per heavy atom. The Hall–Kier alpha value is 0.131. The molecule has 1 aromatic rings. The van der Waals surface area contributed by atoms with E-state index in [1.54, 1.807) is 12.4 Å². The molecule has 0 saturated heterocycles. The Morgan fingerprint density at radius 3 is 2.23 bits per heavy atom. The second kappa shape index (κ2) is 7.53. The first-order valence-corrected chi connectivity index (χ1v) is 4.86. The summed E-state index contributed by atoms with van der Waals surface area (Å²) in [6, 6.07) is 3.92. The monoisotopic (exact) mass is 210 g/mol. The molecule has 0 bridgehead atoms. The fourth-order valence-corrected chi connectivity index (χ4v) is 1.33. The zero-order valence-electron chi connectivity index (χ0n) is 6.84. The number of nitrogens with zero attached hydrogens (tertiary/aromatic N) is 2. The van der Waals surface area contributed by atoms with Gasteiger partial charge in [-0.15, -0.1) is 0 Å². The maximum absolute atomic E-state index is 9.67. The third-order valence-electron chi connectivity index (χ3n) is 1.00. The predicted octanol–water partition coefficient (Wildman–Crippen LogP) is 0.627. The van der Waals surface area contributed by atoms with Crippen molar-refractivity contribution in [3.63, 3.8) is 0 Å². The second-order valence-electron chi connectivity index (χ2n) is 2.11. The van der Waals surface area contributed by atoms with Crippen molar-refractivity contribution in [3.8, 4) is 6.07 Å². The van der Waals surface area contributed by atoms with E-state index in [1.165, 1.54) is -0.342 Å².